The average Bonchev–Trinajstić information content (AvgIpc) is 3.43. The lowest BCUT2D eigenvalue weighted by molar-refractivity contribution is -0.870. The van der Waals surface area contributed by atoms with Gasteiger partial charge in [0.2, 0.25) is 5.91 Å². The van der Waals surface area contributed by atoms with Gasteiger partial charge in [-0.05, 0) is 115 Å². The minimum atomic E-state index is -4.46. The number of hydrogen-bond acceptors (Lipinski definition) is 6. The summed E-state index contributed by atoms with van der Waals surface area (Å²) in [6.45, 7) is 6.85. The highest BCUT2D eigenvalue weighted by Gasteiger charge is 2.30. The second-order valence-electron chi connectivity index (χ2n) is 23.3. The van der Waals surface area contributed by atoms with Crippen molar-refractivity contribution in [2.24, 2.45) is 0 Å². The maximum atomic E-state index is 13.6. The van der Waals surface area contributed by atoms with Crippen LogP contribution in [0.3, 0.4) is 0 Å². The Morgan fingerprint density at radius 2 is 0.790 bits per heavy atom. The Labute approximate surface area is 500 Å². The van der Waals surface area contributed by atoms with Crippen molar-refractivity contribution in [3.63, 3.8) is 0 Å². The summed E-state index contributed by atoms with van der Waals surface area (Å²) in [6, 6.07) is -0.866. The molecule has 0 aliphatic rings. The number of rotatable bonds is 59. The molecule has 0 spiro atoms. The van der Waals surface area contributed by atoms with Gasteiger partial charge in [0.15, 0.2) is 0 Å². The highest BCUT2D eigenvalue weighted by Crippen LogP contribution is 2.43. The molecule has 0 radical (unpaired) electrons. The van der Waals surface area contributed by atoms with Crippen molar-refractivity contribution in [2.45, 2.75) is 290 Å². The summed E-state index contributed by atoms with van der Waals surface area (Å²) >= 11 is 0. The van der Waals surface area contributed by atoms with E-state index in [2.05, 4.69) is 123 Å². The first-order valence-corrected chi connectivity index (χ1v) is 34.7. The van der Waals surface area contributed by atoms with Crippen molar-refractivity contribution in [2.75, 3.05) is 40.9 Å². The first kappa shape index (κ1) is 77.7. The van der Waals surface area contributed by atoms with Crippen LogP contribution in [0.15, 0.2) is 109 Å². The fraction of sp³-hybridized carbons (Fsp3) is 0.718. The predicted octanol–water partition coefficient (Wildman–Crippen LogP) is 20.9. The zero-order valence-corrected chi connectivity index (χ0v) is 54.1. The van der Waals surface area contributed by atoms with Gasteiger partial charge >= 0.3 is 13.8 Å². The summed E-state index contributed by atoms with van der Waals surface area (Å²) in [5.41, 5.74) is 0. The molecular formula is C71H126N2O7P+. The Balaban J connectivity index is 5.10. The van der Waals surface area contributed by atoms with E-state index in [1.165, 1.54) is 116 Å². The fourth-order valence-electron chi connectivity index (χ4n) is 9.09. The number of phosphoric ester groups is 1. The molecule has 0 aliphatic heterocycles. The first-order valence-electron chi connectivity index (χ1n) is 33.2. The molecule has 1 amide bonds. The summed E-state index contributed by atoms with van der Waals surface area (Å²) in [5.74, 6) is -0.537. The highest BCUT2D eigenvalue weighted by atomic mass is 31.2. The van der Waals surface area contributed by atoms with E-state index >= 15 is 0 Å². The van der Waals surface area contributed by atoms with Crippen LogP contribution in [-0.2, 0) is 27.9 Å². The summed E-state index contributed by atoms with van der Waals surface area (Å²) < 4.78 is 30.7. The van der Waals surface area contributed by atoms with Crippen LogP contribution in [0.2, 0.25) is 0 Å². The molecule has 466 valence electrons. The van der Waals surface area contributed by atoms with Crippen molar-refractivity contribution in [1.29, 1.82) is 0 Å². The van der Waals surface area contributed by atoms with Gasteiger partial charge in [-0.3, -0.25) is 18.6 Å². The second-order valence-corrected chi connectivity index (χ2v) is 24.7. The van der Waals surface area contributed by atoms with E-state index in [0.29, 0.717) is 23.9 Å². The average molecular weight is 1150 g/mol. The topological polar surface area (TPSA) is 111 Å². The standard InChI is InChI=1S/C71H125N2O7P/c1-7-10-13-16-19-22-25-27-29-31-32-33-34-35-36-37-38-39-40-42-43-45-48-51-54-57-60-63-70(74)72-68(67-79-81(76,77)78-66-65-73(4,5)6)69(62-59-56-53-50-47-24-21-18-15-12-9-3)80-71(75)64-61-58-55-52-49-46-44-41-30-28-26-23-20-17-14-11-8-2/h10,13,19-20,22-23,27-30,32-33,35-36,44,46,59,62,68-69H,7-9,11-12,14-18,21,24-26,31,34,37-43,45,47-58,60-61,63-67H2,1-6H3,(H-,72,74,76,77)/p+1/b13-10-,22-19-,23-20-,29-27-,30-28-,33-32-,36-35-,46-44-,62-59-. The van der Waals surface area contributed by atoms with E-state index in [-0.39, 0.29) is 31.5 Å². The smallest absolute Gasteiger partial charge is 0.456 e. The van der Waals surface area contributed by atoms with E-state index in [1.54, 1.807) is 0 Å². The van der Waals surface area contributed by atoms with E-state index in [4.69, 9.17) is 13.8 Å². The molecule has 81 heavy (non-hydrogen) atoms. The molecule has 0 aliphatic carbocycles. The number of ether oxygens (including phenoxy) is 1. The molecule has 0 aromatic carbocycles. The molecule has 9 nitrogen and oxygen atoms in total. The number of likely N-dealkylation sites (N-methyl/N-ethyl adjacent to an activating group) is 1. The first-order chi connectivity index (χ1) is 39.4. The van der Waals surface area contributed by atoms with Gasteiger partial charge in [-0.25, -0.2) is 4.57 Å². The Kier molecular flexibility index (Phi) is 57.4. The maximum absolute atomic E-state index is 13.6. The van der Waals surface area contributed by atoms with Crippen molar-refractivity contribution >= 4 is 19.7 Å². The third kappa shape index (κ3) is 61.1. The minimum absolute atomic E-state index is 0.0311. The molecule has 0 saturated heterocycles. The van der Waals surface area contributed by atoms with Crippen molar-refractivity contribution in [1.82, 2.24) is 5.32 Å². The van der Waals surface area contributed by atoms with Gasteiger partial charge in [0.05, 0.1) is 33.8 Å². The number of amides is 1. The van der Waals surface area contributed by atoms with Crippen molar-refractivity contribution in [3.8, 4) is 0 Å². The molecule has 3 unspecified atom stereocenters. The molecule has 2 N–H and O–H groups in total. The minimum Gasteiger partial charge on any atom is -0.456 e. The number of nitrogens with zero attached hydrogens (tertiary/aromatic N) is 1. The molecule has 0 aromatic rings. The zero-order valence-electron chi connectivity index (χ0n) is 53.2. The van der Waals surface area contributed by atoms with Gasteiger partial charge in [0, 0.05) is 12.8 Å². The number of esters is 1. The predicted molar refractivity (Wildman–Crippen MR) is 350 cm³/mol. The molecule has 0 fully saturated rings. The Hall–Kier alpha value is -3.33. The van der Waals surface area contributed by atoms with Crippen LogP contribution in [0.5, 0.6) is 0 Å². The highest BCUT2D eigenvalue weighted by molar-refractivity contribution is 7.47. The Morgan fingerprint density at radius 3 is 1.21 bits per heavy atom. The molecule has 0 heterocycles. The molecular weight excluding hydrogens is 1020 g/mol. The zero-order chi connectivity index (χ0) is 59.3. The SMILES string of the molecule is CC/C=C\C/C=C\C/C=C\C/C=C\C/C=C\CCCCCCCCCCCCCC(=O)NC(COP(=O)(O)OCC[N+](C)(C)C)C(/C=C\CCCCCCCCCCC)OC(=O)CCCCCC/C=C\C/C=C\C/C=C\CCCCC. The lowest BCUT2D eigenvalue weighted by Gasteiger charge is -2.27. The van der Waals surface area contributed by atoms with Gasteiger partial charge in [0.25, 0.3) is 0 Å². The number of quaternary nitrogens is 1. The number of hydrogen-bond donors (Lipinski definition) is 2. The Bertz CT molecular complexity index is 1750. The second kappa shape index (κ2) is 59.8. The van der Waals surface area contributed by atoms with Crippen molar-refractivity contribution < 1.29 is 37.3 Å². The van der Waals surface area contributed by atoms with Crippen LogP contribution in [0, 0.1) is 0 Å². The van der Waals surface area contributed by atoms with Gasteiger partial charge in [-0.15, -0.1) is 0 Å². The van der Waals surface area contributed by atoms with Crippen LogP contribution in [0.25, 0.3) is 0 Å². The lowest BCUT2D eigenvalue weighted by atomic mass is 10.0. The van der Waals surface area contributed by atoms with Crippen LogP contribution >= 0.6 is 7.82 Å². The number of carbonyl (C=O) groups is 2. The monoisotopic (exact) mass is 1150 g/mol. The number of phosphoric acid groups is 1. The summed E-state index contributed by atoms with van der Waals surface area (Å²) in [7, 11) is 1.47. The van der Waals surface area contributed by atoms with E-state index in [9.17, 15) is 19.0 Å². The molecule has 0 aromatic heterocycles. The lowest BCUT2D eigenvalue weighted by Crippen LogP contribution is -2.47. The normalized spacial score (nSPS) is 14.3. The molecule has 0 saturated carbocycles. The van der Waals surface area contributed by atoms with E-state index < -0.39 is 20.0 Å². The van der Waals surface area contributed by atoms with Gasteiger partial charge in [0.1, 0.15) is 19.3 Å². The number of unbranched alkanes of at least 4 members (excludes halogenated alkanes) is 27. The van der Waals surface area contributed by atoms with Crippen LogP contribution in [0.1, 0.15) is 278 Å². The van der Waals surface area contributed by atoms with Gasteiger partial charge < -0.3 is 19.4 Å². The third-order valence-electron chi connectivity index (χ3n) is 14.2. The molecule has 3 atom stereocenters. The summed E-state index contributed by atoms with van der Waals surface area (Å²) in [5, 5.41) is 3.05. The quantitative estimate of drug-likeness (QED) is 0.0205. The maximum Gasteiger partial charge on any atom is 0.472 e. The molecule has 0 rings (SSSR count). The van der Waals surface area contributed by atoms with Gasteiger partial charge in [-0.1, -0.05) is 259 Å². The van der Waals surface area contributed by atoms with Crippen molar-refractivity contribution in [3.05, 3.63) is 109 Å². The van der Waals surface area contributed by atoms with E-state index in [0.717, 1.165) is 122 Å². The van der Waals surface area contributed by atoms with Crippen LogP contribution in [0.4, 0.5) is 0 Å². The number of carbonyl (C=O) groups excluding carboxylic acids is 2. The molecule has 10 heteroatoms. The third-order valence-corrected chi connectivity index (χ3v) is 15.2. The number of nitrogens with one attached hydrogen (secondary N) is 1. The largest absolute Gasteiger partial charge is 0.472 e. The van der Waals surface area contributed by atoms with Crippen LogP contribution in [-0.4, -0.2) is 74.3 Å². The van der Waals surface area contributed by atoms with Gasteiger partial charge in [-0.2, -0.15) is 0 Å². The van der Waals surface area contributed by atoms with E-state index in [1.807, 2.05) is 33.3 Å². The fourth-order valence-corrected chi connectivity index (χ4v) is 9.83. The Morgan fingerprint density at radius 1 is 0.444 bits per heavy atom. The van der Waals surface area contributed by atoms with Crippen LogP contribution < -0.4 is 5.32 Å². The summed E-state index contributed by atoms with van der Waals surface area (Å²) in [4.78, 5) is 37.8. The number of allylic oxidation sites excluding steroid dienone is 17. The molecule has 0 bridgehead atoms. The summed E-state index contributed by atoms with van der Waals surface area (Å²) in [6.07, 6.45) is 82.4.